The van der Waals surface area contributed by atoms with Gasteiger partial charge in [-0.3, -0.25) is 0 Å². The van der Waals surface area contributed by atoms with Crippen molar-refractivity contribution in [1.29, 1.82) is 0 Å². The standard InChI is InChI=1S/C13H24O4/c1-9(2)11(14)12(15)10-3-5-17-13(7-10)4-6-16-8-13/h9-12,14-15H,3-8H2,1-2H3. The van der Waals surface area contributed by atoms with E-state index in [-0.39, 0.29) is 17.4 Å². The van der Waals surface area contributed by atoms with Crippen molar-refractivity contribution in [3.63, 3.8) is 0 Å². The van der Waals surface area contributed by atoms with Gasteiger partial charge >= 0.3 is 0 Å². The fraction of sp³-hybridized carbons (Fsp3) is 1.00. The van der Waals surface area contributed by atoms with Crippen LogP contribution in [0.1, 0.15) is 33.1 Å². The van der Waals surface area contributed by atoms with E-state index in [0.29, 0.717) is 13.2 Å². The van der Waals surface area contributed by atoms with Crippen molar-refractivity contribution in [3.8, 4) is 0 Å². The van der Waals surface area contributed by atoms with Crippen molar-refractivity contribution in [2.24, 2.45) is 11.8 Å². The van der Waals surface area contributed by atoms with Crippen LogP contribution in [-0.4, -0.2) is 47.8 Å². The Balaban J connectivity index is 1.97. The second-order valence-corrected chi connectivity index (χ2v) is 5.81. The molecule has 0 amide bonds. The third kappa shape index (κ3) is 2.81. The second kappa shape index (κ2) is 5.22. The van der Waals surface area contributed by atoms with Gasteiger partial charge in [0.2, 0.25) is 0 Å². The summed E-state index contributed by atoms with van der Waals surface area (Å²) in [5, 5.41) is 20.2. The van der Waals surface area contributed by atoms with Gasteiger partial charge in [0.25, 0.3) is 0 Å². The summed E-state index contributed by atoms with van der Waals surface area (Å²) in [4.78, 5) is 0. The fourth-order valence-corrected chi connectivity index (χ4v) is 2.89. The van der Waals surface area contributed by atoms with Crippen LogP contribution in [-0.2, 0) is 9.47 Å². The molecule has 0 aromatic rings. The van der Waals surface area contributed by atoms with Gasteiger partial charge < -0.3 is 19.7 Å². The Morgan fingerprint density at radius 1 is 1.24 bits per heavy atom. The molecule has 1 spiro atoms. The van der Waals surface area contributed by atoms with E-state index in [4.69, 9.17) is 9.47 Å². The maximum atomic E-state index is 10.2. The smallest absolute Gasteiger partial charge is 0.0940 e. The molecule has 2 N–H and O–H groups in total. The van der Waals surface area contributed by atoms with Crippen LogP contribution in [0.4, 0.5) is 0 Å². The first-order valence-corrected chi connectivity index (χ1v) is 6.62. The van der Waals surface area contributed by atoms with E-state index in [0.717, 1.165) is 25.9 Å². The van der Waals surface area contributed by atoms with E-state index in [1.54, 1.807) is 0 Å². The first-order chi connectivity index (χ1) is 8.04. The predicted octanol–water partition coefficient (Wildman–Crippen LogP) is 0.950. The van der Waals surface area contributed by atoms with Gasteiger partial charge in [-0.15, -0.1) is 0 Å². The zero-order chi connectivity index (χ0) is 12.5. The molecule has 4 unspecified atom stereocenters. The molecule has 0 aromatic heterocycles. The minimum atomic E-state index is -0.642. The largest absolute Gasteiger partial charge is 0.390 e. The summed E-state index contributed by atoms with van der Waals surface area (Å²) in [6.07, 6.45) is 1.26. The number of aliphatic hydroxyl groups excluding tert-OH is 2. The first-order valence-electron chi connectivity index (χ1n) is 6.62. The summed E-state index contributed by atoms with van der Waals surface area (Å²) in [7, 11) is 0. The molecular formula is C13H24O4. The summed E-state index contributed by atoms with van der Waals surface area (Å²) in [6, 6.07) is 0. The van der Waals surface area contributed by atoms with Crippen molar-refractivity contribution < 1.29 is 19.7 Å². The van der Waals surface area contributed by atoms with Gasteiger partial charge in [-0.1, -0.05) is 13.8 Å². The Kier molecular flexibility index (Phi) is 4.08. The number of hydrogen-bond donors (Lipinski definition) is 2. The monoisotopic (exact) mass is 244 g/mol. The number of hydrogen-bond acceptors (Lipinski definition) is 4. The van der Waals surface area contributed by atoms with Crippen LogP contribution in [0.3, 0.4) is 0 Å². The van der Waals surface area contributed by atoms with Crippen LogP contribution in [0.2, 0.25) is 0 Å². The third-order valence-corrected chi connectivity index (χ3v) is 4.11. The molecule has 4 atom stereocenters. The minimum absolute atomic E-state index is 0.0867. The third-order valence-electron chi connectivity index (χ3n) is 4.11. The van der Waals surface area contributed by atoms with Crippen LogP contribution in [0.25, 0.3) is 0 Å². The van der Waals surface area contributed by atoms with Crippen LogP contribution in [0.15, 0.2) is 0 Å². The van der Waals surface area contributed by atoms with E-state index >= 15 is 0 Å². The minimum Gasteiger partial charge on any atom is -0.390 e. The highest BCUT2D eigenvalue weighted by molar-refractivity contribution is 4.93. The average molecular weight is 244 g/mol. The van der Waals surface area contributed by atoms with Crippen molar-refractivity contribution in [2.75, 3.05) is 19.8 Å². The van der Waals surface area contributed by atoms with Gasteiger partial charge in [0.1, 0.15) is 0 Å². The summed E-state index contributed by atoms with van der Waals surface area (Å²) in [6.45, 7) is 5.91. The maximum Gasteiger partial charge on any atom is 0.0940 e. The lowest BCUT2D eigenvalue weighted by Crippen LogP contribution is -2.47. The van der Waals surface area contributed by atoms with E-state index < -0.39 is 12.2 Å². The Morgan fingerprint density at radius 3 is 2.59 bits per heavy atom. The fourth-order valence-electron chi connectivity index (χ4n) is 2.89. The van der Waals surface area contributed by atoms with Crippen molar-refractivity contribution >= 4 is 0 Å². The zero-order valence-electron chi connectivity index (χ0n) is 10.8. The quantitative estimate of drug-likeness (QED) is 0.776. The molecule has 100 valence electrons. The van der Waals surface area contributed by atoms with Gasteiger partial charge in [-0.25, -0.2) is 0 Å². The lowest BCUT2D eigenvalue weighted by Gasteiger charge is -2.40. The Labute approximate surface area is 103 Å². The highest BCUT2D eigenvalue weighted by Gasteiger charge is 2.44. The average Bonchev–Trinajstić information content (AvgIpc) is 2.75. The van der Waals surface area contributed by atoms with E-state index in [2.05, 4.69) is 0 Å². The molecule has 4 heteroatoms. The van der Waals surface area contributed by atoms with E-state index in [1.807, 2.05) is 13.8 Å². The van der Waals surface area contributed by atoms with Crippen LogP contribution < -0.4 is 0 Å². The van der Waals surface area contributed by atoms with Gasteiger partial charge in [0, 0.05) is 19.6 Å². The molecule has 2 rings (SSSR count). The summed E-state index contributed by atoms with van der Waals surface area (Å²) < 4.78 is 11.2. The van der Waals surface area contributed by atoms with E-state index in [1.165, 1.54) is 0 Å². The van der Waals surface area contributed by atoms with Crippen molar-refractivity contribution in [1.82, 2.24) is 0 Å². The maximum absolute atomic E-state index is 10.2. The van der Waals surface area contributed by atoms with Gasteiger partial charge in [0.05, 0.1) is 24.4 Å². The SMILES string of the molecule is CC(C)C(O)C(O)C1CCOC2(CCOC2)C1. The molecule has 0 radical (unpaired) electrons. The molecule has 0 aliphatic carbocycles. The normalized spacial score (nSPS) is 37.6. The Bertz CT molecular complexity index is 248. The Morgan fingerprint density at radius 2 is 2.00 bits per heavy atom. The topological polar surface area (TPSA) is 58.9 Å². The molecule has 0 bridgehead atoms. The number of ether oxygens (including phenoxy) is 2. The van der Waals surface area contributed by atoms with Crippen LogP contribution in [0.5, 0.6) is 0 Å². The molecule has 2 aliphatic heterocycles. The lowest BCUT2D eigenvalue weighted by atomic mass is 9.79. The van der Waals surface area contributed by atoms with Gasteiger partial charge in [0.15, 0.2) is 0 Å². The van der Waals surface area contributed by atoms with Crippen LogP contribution in [0, 0.1) is 11.8 Å². The van der Waals surface area contributed by atoms with Crippen molar-refractivity contribution in [2.45, 2.75) is 50.9 Å². The summed E-state index contributed by atoms with van der Waals surface area (Å²) in [5.74, 6) is 0.214. The summed E-state index contributed by atoms with van der Waals surface area (Å²) in [5.41, 5.74) is -0.194. The molecule has 0 saturated carbocycles. The highest BCUT2D eigenvalue weighted by Crippen LogP contribution is 2.38. The highest BCUT2D eigenvalue weighted by atomic mass is 16.6. The molecule has 2 saturated heterocycles. The molecule has 0 aromatic carbocycles. The molecule has 17 heavy (non-hydrogen) atoms. The zero-order valence-corrected chi connectivity index (χ0v) is 10.8. The molecule has 2 aliphatic rings. The molecule has 2 fully saturated rings. The molecule has 4 nitrogen and oxygen atoms in total. The second-order valence-electron chi connectivity index (χ2n) is 5.81. The lowest BCUT2D eigenvalue weighted by molar-refractivity contribution is -0.135. The predicted molar refractivity (Wildman–Crippen MR) is 63.7 cm³/mol. The first kappa shape index (κ1) is 13.3. The summed E-state index contributed by atoms with van der Waals surface area (Å²) >= 11 is 0. The van der Waals surface area contributed by atoms with Gasteiger partial charge in [-0.05, 0) is 24.7 Å². The van der Waals surface area contributed by atoms with Gasteiger partial charge in [-0.2, -0.15) is 0 Å². The Hall–Kier alpha value is -0.160. The van der Waals surface area contributed by atoms with Crippen LogP contribution >= 0.6 is 0 Å². The molecule has 2 heterocycles. The number of rotatable bonds is 3. The number of aliphatic hydroxyl groups is 2. The molecular weight excluding hydrogens is 220 g/mol. The van der Waals surface area contributed by atoms with Crippen molar-refractivity contribution in [3.05, 3.63) is 0 Å². The van der Waals surface area contributed by atoms with E-state index in [9.17, 15) is 10.2 Å².